The van der Waals surface area contributed by atoms with Crippen LogP contribution >= 0.6 is 0 Å². The molecule has 7 nitrogen and oxygen atoms in total. The van der Waals surface area contributed by atoms with E-state index in [0.29, 0.717) is 31.8 Å². The quantitative estimate of drug-likeness (QED) is 0.410. The van der Waals surface area contributed by atoms with Crippen molar-refractivity contribution >= 4 is 5.97 Å². The SMILES string of the molecule is CCCCOc1nc(OCCCC)n(Cc2ccc(-c3cccc(C(=O)O)c3)cc2)n1. The molecular formula is C24H29N3O4. The molecule has 0 spiro atoms. The molecule has 164 valence electrons. The van der Waals surface area contributed by atoms with Crippen LogP contribution in [-0.4, -0.2) is 39.1 Å². The zero-order chi connectivity index (χ0) is 22.1. The molecule has 31 heavy (non-hydrogen) atoms. The zero-order valence-electron chi connectivity index (χ0n) is 18.1. The highest BCUT2D eigenvalue weighted by molar-refractivity contribution is 5.89. The van der Waals surface area contributed by atoms with Crippen LogP contribution in [0.5, 0.6) is 12.0 Å². The third kappa shape index (κ3) is 6.31. The summed E-state index contributed by atoms with van der Waals surface area (Å²) >= 11 is 0. The van der Waals surface area contributed by atoms with Crippen molar-refractivity contribution in [3.05, 3.63) is 59.7 Å². The van der Waals surface area contributed by atoms with E-state index < -0.39 is 5.97 Å². The molecule has 0 bridgehead atoms. The first-order valence-electron chi connectivity index (χ1n) is 10.7. The van der Waals surface area contributed by atoms with E-state index in [9.17, 15) is 9.90 Å². The van der Waals surface area contributed by atoms with Crippen LogP contribution in [0.4, 0.5) is 0 Å². The van der Waals surface area contributed by atoms with Crippen LogP contribution in [0.15, 0.2) is 48.5 Å². The van der Waals surface area contributed by atoms with E-state index in [2.05, 4.69) is 23.9 Å². The number of rotatable bonds is 12. The van der Waals surface area contributed by atoms with Gasteiger partial charge in [-0.3, -0.25) is 0 Å². The molecule has 2 aromatic carbocycles. The van der Waals surface area contributed by atoms with Gasteiger partial charge < -0.3 is 14.6 Å². The number of carboxylic acids is 1. The van der Waals surface area contributed by atoms with Crippen LogP contribution in [0.3, 0.4) is 0 Å². The summed E-state index contributed by atoms with van der Waals surface area (Å²) in [6.45, 7) is 5.89. The first kappa shape index (κ1) is 22.3. The Morgan fingerprint density at radius 2 is 1.68 bits per heavy atom. The molecule has 0 aliphatic carbocycles. The summed E-state index contributed by atoms with van der Waals surface area (Å²) in [6.07, 6.45) is 3.98. The van der Waals surface area contributed by atoms with Crippen molar-refractivity contribution in [2.45, 2.75) is 46.1 Å². The fraction of sp³-hybridized carbons (Fsp3) is 0.375. The molecule has 0 aliphatic rings. The van der Waals surface area contributed by atoms with Gasteiger partial charge >= 0.3 is 18.0 Å². The third-order valence-corrected chi connectivity index (χ3v) is 4.81. The van der Waals surface area contributed by atoms with Gasteiger partial charge in [-0.05, 0) is 41.7 Å². The first-order chi connectivity index (χ1) is 15.1. The molecule has 0 amide bonds. The van der Waals surface area contributed by atoms with E-state index in [1.165, 1.54) is 0 Å². The number of hydrogen-bond donors (Lipinski definition) is 1. The van der Waals surface area contributed by atoms with Crippen molar-refractivity contribution < 1.29 is 19.4 Å². The Hall–Kier alpha value is -3.35. The van der Waals surface area contributed by atoms with Crippen LogP contribution in [0, 0.1) is 0 Å². The fourth-order valence-corrected chi connectivity index (χ4v) is 3.00. The van der Waals surface area contributed by atoms with Gasteiger partial charge in [-0.1, -0.05) is 63.1 Å². The van der Waals surface area contributed by atoms with E-state index in [1.54, 1.807) is 22.9 Å². The molecule has 1 heterocycles. The van der Waals surface area contributed by atoms with Gasteiger partial charge in [0.25, 0.3) is 0 Å². The summed E-state index contributed by atoms with van der Waals surface area (Å²) in [7, 11) is 0. The fourth-order valence-electron chi connectivity index (χ4n) is 3.00. The Bertz CT molecular complexity index is 983. The van der Waals surface area contributed by atoms with Gasteiger partial charge in [0.15, 0.2) is 0 Å². The van der Waals surface area contributed by atoms with Gasteiger partial charge in [-0.25, -0.2) is 9.48 Å². The molecule has 3 rings (SSSR count). The number of benzene rings is 2. The largest absolute Gasteiger partial charge is 0.478 e. The van der Waals surface area contributed by atoms with E-state index in [-0.39, 0.29) is 5.56 Å². The van der Waals surface area contributed by atoms with Crippen LogP contribution in [0.1, 0.15) is 55.5 Å². The topological polar surface area (TPSA) is 86.5 Å². The molecule has 0 saturated heterocycles. The Balaban J connectivity index is 1.74. The molecule has 0 fully saturated rings. The van der Waals surface area contributed by atoms with Crippen LogP contribution in [0.25, 0.3) is 11.1 Å². The molecule has 1 aromatic heterocycles. The second-order valence-electron chi connectivity index (χ2n) is 7.32. The highest BCUT2D eigenvalue weighted by Crippen LogP contribution is 2.22. The summed E-state index contributed by atoms with van der Waals surface area (Å²) in [6, 6.07) is 15.7. The Morgan fingerprint density at radius 3 is 2.35 bits per heavy atom. The van der Waals surface area contributed by atoms with Gasteiger partial charge in [0.05, 0.1) is 25.3 Å². The summed E-state index contributed by atoms with van der Waals surface area (Å²) in [5, 5.41) is 13.7. The van der Waals surface area contributed by atoms with Crippen LogP contribution in [-0.2, 0) is 6.54 Å². The Kier molecular flexibility index (Phi) is 8.04. The predicted octanol–water partition coefficient (Wildman–Crippen LogP) is 5.05. The van der Waals surface area contributed by atoms with Crippen LogP contribution in [0.2, 0.25) is 0 Å². The number of nitrogens with zero attached hydrogens (tertiary/aromatic N) is 3. The van der Waals surface area contributed by atoms with Gasteiger partial charge in [-0.2, -0.15) is 0 Å². The maximum absolute atomic E-state index is 11.2. The molecule has 0 aliphatic heterocycles. The maximum Gasteiger partial charge on any atom is 0.338 e. The molecule has 3 aromatic rings. The van der Waals surface area contributed by atoms with Crippen molar-refractivity contribution in [2.75, 3.05) is 13.2 Å². The monoisotopic (exact) mass is 423 g/mol. The van der Waals surface area contributed by atoms with Crippen LogP contribution < -0.4 is 9.47 Å². The number of aromatic carboxylic acids is 1. The smallest absolute Gasteiger partial charge is 0.338 e. The average Bonchev–Trinajstić information content (AvgIpc) is 3.16. The Labute approximate surface area is 182 Å². The highest BCUT2D eigenvalue weighted by atomic mass is 16.5. The maximum atomic E-state index is 11.2. The molecule has 7 heteroatoms. The standard InChI is InChI=1S/C24H29N3O4/c1-3-5-14-30-23-25-24(31-15-6-4-2)27(26-23)17-18-10-12-19(13-11-18)20-8-7-9-21(16-20)22(28)29/h7-13,16H,3-6,14-15,17H2,1-2H3,(H,28,29). The molecule has 0 unspecified atom stereocenters. The zero-order valence-corrected chi connectivity index (χ0v) is 18.1. The van der Waals surface area contributed by atoms with Gasteiger partial charge in [-0.15, -0.1) is 10.1 Å². The van der Waals surface area contributed by atoms with E-state index in [0.717, 1.165) is 42.4 Å². The number of aromatic nitrogens is 3. The van der Waals surface area contributed by atoms with Crippen molar-refractivity contribution in [3.63, 3.8) is 0 Å². The minimum absolute atomic E-state index is 0.272. The normalized spacial score (nSPS) is 10.8. The lowest BCUT2D eigenvalue weighted by atomic mass is 10.0. The van der Waals surface area contributed by atoms with E-state index >= 15 is 0 Å². The Morgan fingerprint density at radius 1 is 0.968 bits per heavy atom. The van der Waals surface area contributed by atoms with E-state index in [4.69, 9.17) is 9.47 Å². The lowest BCUT2D eigenvalue weighted by Crippen LogP contribution is -2.08. The predicted molar refractivity (Wildman–Crippen MR) is 119 cm³/mol. The number of hydrogen-bond acceptors (Lipinski definition) is 5. The van der Waals surface area contributed by atoms with Gasteiger partial charge in [0.1, 0.15) is 0 Å². The summed E-state index contributed by atoms with van der Waals surface area (Å²) < 4.78 is 13.2. The average molecular weight is 424 g/mol. The number of unbranched alkanes of at least 4 members (excludes halogenated alkanes) is 2. The first-order valence-corrected chi connectivity index (χ1v) is 10.7. The third-order valence-electron chi connectivity index (χ3n) is 4.81. The number of carbonyl (C=O) groups is 1. The summed E-state index contributed by atoms with van der Waals surface area (Å²) in [5.74, 6) is -0.933. The molecule has 1 N–H and O–H groups in total. The van der Waals surface area contributed by atoms with Crippen molar-refractivity contribution in [2.24, 2.45) is 0 Å². The second kappa shape index (κ2) is 11.2. The molecule has 0 radical (unpaired) electrons. The molecular weight excluding hydrogens is 394 g/mol. The summed E-state index contributed by atoms with van der Waals surface area (Å²) in [4.78, 5) is 15.6. The highest BCUT2D eigenvalue weighted by Gasteiger charge is 2.13. The van der Waals surface area contributed by atoms with Crippen molar-refractivity contribution in [3.8, 4) is 23.1 Å². The lowest BCUT2D eigenvalue weighted by Gasteiger charge is -2.08. The lowest BCUT2D eigenvalue weighted by molar-refractivity contribution is 0.0697. The van der Waals surface area contributed by atoms with Gasteiger partial charge in [0, 0.05) is 0 Å². The van der Waals surface area contributed by atoms with E-state index in [1.807, 2.05) is 30.3 Å². The molecule has 0 saturated carbocycles. The number of ether oxygens (including phenoxy) is 2. The minimum Gasteiger partial charge on any atom is -0.478 e. The van der Waals surface area contributed by atoms with Crippen molar-refractivity contribution in [1.82, 2.24) is 14.8 Å². The molecule has 0 atom stereocenters. The van der Waals surface area contributed by atoms with Gasteiger partial charge in [0.2, 0.25) is 0 Å². The summed E-state index contributed by atoms with van der Waals surface area (Å²) in [5.41, 5.74) is 3.12. The van der Waals surface area contributed by atoms with Crippen molar-refractivity contribution in [1.29, 1.82) is 0 Å². The second-order valence-corrected chi connectivity index (χ2v) is 7.32. The minimum atomic E-state index is -0.933. The number of carboxylic acid groups (broad SMARTS) is 1.